The molecule has 0 radical (unpaired) electrons. The van der Waals surface area contributed by atoms with Gasteiger partial charge in [0, 0.05) is 89.2 Å². The Morgan fingerprint density at radius 3 is 2.42 bits per heavy atom. The Labute approximate surface area is 479 Å². The lowest BCUT2D eigenvalue weighted by Crippen LogP contribution is -2.63. The third kappa shape index (κ3) is 16.4. The molecule has 0 unspecified atom stereocenters. The number of amides is 4. The number of hydrogen-bond acceptors (Lipinski definition) is 15. The number of nitrogens with one attached hydrogen (secondary N) is 3. The number of halogens is 3. The number of nitrogens with zero attached hydrogens (tertiary/aromatic N) is 4. The first-order valence-corrected chi connectivity index (χ1v) is 29.1. The predicted octanol–water partition coefficient (Wildman–Crippen LogP) is 7.52. The minimum absolute atomic E-state index is 0.0157. The number of fused-ring (bicyclic) bond motifs is 6. The highest BCUT2D eigenvalue weighted by molar-refractivity contribution is 9.09. The number of carbonyl (C=O) groups excluding carboxylic acids is 5. The highest BCUT2D eigenvalue weighted by atomic mass is 79.9. The van der Waals surface area contributed by atoms with Crippen molar-refractivity contribution in [1.82, 2.24) is 30.8 Å². The maximum absolute atomic E-state index is 14.6. The molecule has 4 heterocycles. The Bertz CT molecular complexity index is 2660. The second-order valence-corrected chi connectivity index (χ2v) is 22.0. The molecule has 19 nitrogen and oxygen atoms in total. The number of Topliss-reactive ketones (excluding diaryl/α,β-unsaturated/α-hetero) is 1. The molecule has 3 aliphatic rings. The summed E-state index contributed by atoms with van der Waals surface area (Å²) in [7, 11) is 6.62. The molecule has 0 saturated carbocycles. The number of likely N-dealkylation sites (N-methyl/N-ethyl adjacent to an activating group) is 1. The fourth-order valence-electron chi connectivity index (χ4n) is 10.2. The van der Waals surface area contributed by atoms with Gasteiger partial charge in [0.2, 0.25) is 11.8 Å². The van der Waals surface area contributed by atoms with Crippen LogP contribution in [0.25, 0.3) is 11.0 Å². The van der Waals surface area contributed by atoms with Crippen LogP contribution in [0.4, 0.5) is 10.5 Å². The van der Waals surface area contributed by atoms with Gasteiger partial charge in [-0.1, -0.05) is 74.2 Å². The van der Waals surface area contributed by atoms with Gasteiger partial charge in [-0.15, -0.1) is 0 Å². The molecule has 3 aliphatic heterocycles. The third-order valence-electron chi connectivity index (χ3n) is 15.0. The highest BCUT2D eigenvalue weighted by Crippen LogP contribution is 2.52. The van der Waals surface area contributed by atoms with Crippen LogP contribution >= 0.6 is 43.5 Å². The summed E-state index contributed by atoms with van der Waals surface area (Å²) in [4.78, 5) is 78.9. The van der Waals surface area contributed by atoms with E-state index in [0.29, 0.717) is 89.8 Å². The van der Waals surface area contributed by atoms with Gasteiger partial charge in [-0.25, -0.2) is 14.8 Å². The van der Waals surface area contributed by atoms with Crippen molar-refractivity contribution in [1.29, 1.82) is 0 Å². The monoisotopic (exact) mass is 1230 g/mol. The van der Waals surface area contributed by atoms with Crippen LogP contribution in [0.5, 0.6) is 5.75 Å². The summed E-state index contributed by atoms with van der Waals surface area (Å²) in [5.74, 6) is -1.02. The number of alkyl carbamates (subject to hydrolysis) is 1. The number of rotatable bonds is 23. The van der Waals surface area contributed by atoms with E-state index in [1.807, 2.05) is 50.9 Å². The van der Waals surface area contributed by atoms with Crippen molar-refractivity contribution < 1.29 is 57.5 Å². The molecule has 1 aromatic heterocycles. The zero-order valence-corrected chi connectivity index (χ0v) is 49.9. The van der Waals surface area contributed by atoms with Gasteiger partial charge in [0.05, 0.1) is 79.4 Å². The van der Waals surface area contributed by atoms with Gasteiger partial charge in [-0.05, 0) is 87.8 Å². The molecule has 2 aromatic carbocycles. The lowest BCUT2D eigenvalue weighted by atomic mass is 9.77. The molecule has 0 aliphatic carbocycles. The number of anilines is 1. The minimum Gasteiger partial charge on any atom is -0.495 e. The van der Waals surface area contributed by atoms with E-state index in [4.69, 9.17) is 40.0 Å². The lowest BCUT2D eigenvalue weighted by Gasteiger charge is -2.42. The van der Waals surface area contributed by atoms with Crippen LogP contribution in [0.3, 0.4) is 0 Å². The van der Waals surface area contributed by atoms with E-state index in [9.17, 15) is 29.1 Å². The van der Waals surface area contributed by atoms with E-state index in [-0.39, 0.29) is 75.1 Å². The number of allylic oxidation sites excluding steroid dienone is 3. The van der Waals surface area contributed by atoms with Crippen molar-refractivity contribution in [2.75, 3.05) is 79.3 Å². The molecule has 4 amide bonds. The topological polar surface area (TPSA) is 233 Å². The van der Waals surface area contributed by atoms with Gasteiger partial charge in [0.15, 0.2) is 11.5 Å². The van der Waals surface area contributed by atoms with E-state index in [0.717, 1.165) is 28.2 Å². The normalized spacial score (nSPS) is 24.9. The molecule has 4 bridgehead atoms. The average molecular weight is 1230 g/mol. The number of epoxide rings is 1. The van der Waals surface area contributed by atoms with Crippen LogP contribution in [-0.2, 0) is 55.1 Å². The number of ketones is 1. The number of hydrogen-bond donors (Lipinski definition) is 4. The summed E-state index contributed by atoms with van der Waals surface area (Å²) in [5, 5.41) is 21.9. The Morgan fingerprint density at radius 2 is 1.73 bits per heavy atom. The van der Waals surface area contributed by atoms with Crippen LogP contribution in [0.1, 0.15) is 99.9 Å². The molecule has 428 valence electrons. The summed E-state index contributed by atoms with van der Waals surface area (Å²) in [6.07, 6.45) is 5.36. The zero-order chi connectivity index (χ0) is 56.7. The second-order valence-electron chi connectivity index (χ2n) is 20.5. The summed E-state index contributed by atoms with van der Waals surface area (Å²) in [5.41, 5.74) is 3.57. The van der Waals surface area contributed by atoms with Gasteiger partial charge in [-0.3, -0.25) is 24.5 Å². The van der Waals surface area contributed by atoms with Crippen molar-refractivity contribution in [2.45, 2.75) is 125 Å². The molecule has 4 N–H and O–H groups in total. The summed E-state index contributed by atoms with van der Waals surface area (Å²) in [6.45, 7) is 9.52. The first-order valence-electron chi connectivity index (χ1n) is 26.5. The quantitative estimate of drug-likeness (QED) is 0.0409. The van der Waals surface area contributed by atoms with E-state index >= 15 is 0 Å². The zero-order valence-electron chi connectivity index (χ0n) is 46.0. The molecular weight excluding hydrogens is 1160 g/mol. The Morgan fingerprint density at radius 1 is 1.01 bits per heavy atom. The fourth-order valence-corrected chi connectivity index (χ4v) is 11.5. The van der Waals surface area contributed by atoms with E-state index in [1.165, 1.54) is 18.9 Å². The van der Waals surface area contributed by atoms with E-state index < -0.39 is 47.7 Å². The Kier molecular flexibility index (Phi) is 23.3. The lowest BCUT2D eigenvalue weighted by molar-refractivity contribution is -0.142. The number of ether oxygens (including phenoxy) is 6. The average Bonchev–Trinajstić information content (AvgIpc) is 4.25. The van der Waals surface area contributed by atoms with E-state index in [2.05, 4.69) is 57.8 Å². The van der Waals surface area contributed by atoms with Crippen molar-refractivity contribution >= 4 is 89.8 Å². The predicted molar refractivity (Wildman–Crippen MR) is 304 cm³/mol. The van der Waals surface area contributed by atoms with Gasteiger partial charge in [0.1, 0.15) is 23.0 Å². The molecule has 78 heavy (non-hydrogen) atoms. The van der Waals surface area contributed by atoms with Gasteiger partial charge in [-0.2, -0.15) is 0 Å². The smallest absolute Gasteiger partial charge is 0.409 e. The van der Waals surface area contributed by atoms with Crippen LogP contribution in [0.2, 0.25) is 5.02 Å². The minimum atomic E-state index is -1.79. The molecule has 2 fully saturated rings. The van der Waals surface area contributed by atoms with Crippen molar-refractivity contribution in [3.8, 4) is 5.75 Å². The molecule has 22 heteroatoms. The van der Waals surface area contributed by atoms with Crippen molar-refractivity contribution in [2.24, 2.45) is 11.8 Å². The SMILES string of the molecule is COc1cc2cc(c1Cl)N(C)CC[C@H](CC(=O)[C@H](CCCCNC(=O)CCOCCOCCNC(=O)c1ccc3nc(CBr)c(CBr)nc3c1)N(C)C(C)=O)[C@]1(C)O[C@H]1[C@H](C)[C@@H]1C[C@@](O)(NC(=O)O1)[C@H](OC)/C=C/C=C(\C)C2. The van der Waals surface area contributed by atoms with Crippen LogP contribution in [-0.4, -0.2) is 160 Å². The summed E-state index contributed by atoms with van der Waals surface area (Å²) >= 11 is 13.8. The molecule has 0 spiro atoms. The largest absolute Gasteiger partial charge is 0.495 e. The standard InChI is InChI=1S/C56H76Br2ClN7O12/c1-34-12-11-14-49(74-8)56(72)31-48(77-54(71)64-56)35(2)52-55(4,78-52)39(17-21-65(5)45-27-37(26-34)28-47(73-7)51(45)59)30-46(68)44(66(6)36(3)67)13-9-10-19-60-50(69)18-22-75-24-25-76-23-20-61-53(70)38-15-16-40-41(29-38)63-43(33-58)42(32-57)62-40/h11-12,14-16,27-29,35,39,44,48-49,52,72H,9-10,13,17-26,30-33H2,1-8H3,(H,60,69)(H,61,70)(H,64,71)/b14-11+,34-12+/t35-,39-,44+,48+,49-,52+,55+,56+/m1/s1. The first kappa shape index (κ1) is 62.5. The second kappa shape index (κ2) is 29.1. The molecule has 2 saturated heterocycles. The van der Waals surface area contributed by atoms with Gasteiger partial charge in [0.25, 0.3) is 5.91 Å². The third-order valence-corrected chi connectivity index (χ3v) is 16.4. The molecular formula is C56H76Br2ClN7O12. The van der Waals surface area contributed by atoms with Gasteiger partial charge < -0.3 is 54.0 Å². The maximum atomic E-state index is 14.6. The molecule has 8 atom stereocenters. The maximum Gasteiger partial charge on any atom is 0.409 e. The van der Waals surface area contributed by atoms with Crippen LogP contribution < -0.4 is 25.6 Å². The number of alkyl halides is 2. The summed E-state index contributed by atoms with van der Waals surface area (Å²) < 4.78 is 35.1. The first-order chi connectivity index (χ1) is 37.2. The fraction of sp³-hybridized carbons (Fsp3) is 0.589. The molecule has 6 rings (SSSR count). The summed E-state index contributed by atoms with van der Waals surface area (Å²) in [6, 6.07) is 8.42. The Balaban J connectivity index is 0.997. The van der Waals surface area contributed by atoms with Gasteiger partial charge >= 0.3 is 6.09 Å². The van der Waals surface area contributed by atoms with Crippen molar-refractivity contribution in [3.63, 3.8) is 0 Å². The van der Waals surface area contributed by atoms with E-state index in [1.54, 1.807) is 44.5 Å². The number of aliphatic hydroxyl groups is 1. The van der Waals surface area contributed by atoms with Crippen LogP contribution in [0.15, 0.2) is 54.1 Å². The number of carbonyl (C=O) groups is 5. The number of methoxy groups -OCH3 is 2. The highest BCUT2D eigenvalue weighted by Gasteiger charge is 2.62. The van der Waals surface area contributed by atoms with Crippen molar-refractivity contribution in [3.05, 3.63) is 81.7 Å². The number of aromatic nitrogens is 2. The van der Waals surface area contributed by atoms with Crippen LogP contribution in [0, 0.1) is 11.8 Å². The Hall–Kier alpha value is -4.74. The number of benzene rings is 2. The molecule has 3 aromatic rings. The number of unbranched alkanes of at least 4 members (excludes halogenated alkanes) is 1.